The number of H-pyrrole nitrogens is 1. The lowest BCUT2D eigenvalue weighted by Crippen LogP contribution is -2.12. The molecular formula is C17H12N4OS. The van der Waals surface area contributed by atoms with Gasteiger partial charge in [0.25, 0.3) is 5.91 Å². The Morgan fingerprint density at radius 3 is 2.87 bits per heavy atom. The summed E-state index contributed by atoms with van der Waals surface area (Å²) in [4.78, 5) is 18.4. The van der Waals surface area contributed by atoms with E-state index >= 15 is 0 Å². The number of benzene rings is 1. The Hall–Kier alpha value is -2.99. The molecule has 0 saturated heterocycles. The van der Waals surface area contributed by atoms with Crippen LogP contribution in [0.15, 0.2) is 60.2 Å². The third kappa shape index (κ3) is 2.60. The minimum Gasteiger partial charge on any atom is -0.319 e. The molecule has 112 valence electrons. The van der Waals surface area contributed by atoms with Gasteiger partial charge in [0.05, 0.1) is 33.5 Å². The van der Waals surface area contributed by atoms with Crippen molar-refractivity contribution >= 4 is 33.8 Å². The summed E-state index contributed by atoms with van der Waals surface area (Å²) in [5.74, 6) is -0.178. The molecule has 0 fully saturated rings. The first-order chi connectivity index (χ1) is 11.3. The first kappa shape index (κ1) is 13.7. The van der Waals surface area contributed by atoms with E-state index < -0.39 is 0 Å². The molecule has 1 aromatic carbocycles. The fourth-order valence-corrected chi connectivity index (χ4v) is 3.12. The number of carbonyl (C=O) groups is 1. The lowest BCUT2D eigenvalue weighted by atomic mass is 10.1. The van der Waals surface area contributed by atoms with Crippen molar-refractivity contribution in [1.82, 2.24) is 15.2 Å². The minimum absolute atomic E-state index is 0.178. The van der Waals surface area contributed by atoms with Crippen molar-refractivity contribution in [2.75, 3.05) is 5.32 Å². The molecule has 5 nitrogen and oxygen atoms in total. The Bertz CT molecular complexity index is 962. The SMILES string of the molecule is O=C(Nc1cn[nH]c1)c1cc(-c2cccs2)nc2ccccc12. The van der Waals surface area contributed by atoms with E-state index in [1.165, 1.54) is 0 Å². The minimum atomic E-state index is -0.178. The van der Waals surface area contributed by atoms with Gasteiger partial charge in [-0.1, -0.05) is 24.3 Å². The number of nitrogens with one attached hydrogen (secondary N) is 2. The van der Waals surface area contributed by atoms with Crippen LogP contribution in [0.4, 0.5) is 5.69 Å². The normalized spacial score (nSPS) is 10.8. The van der Waals surface area contributed by atoms with E-state index in [1.54, 1.807) is 23.7 Å². The van der Waals surface area contributed by atoms with Gasteiger partial charge in [-0.2, -0.15) is 5.10 Å². The Morgan fingerprint density at radius 1 is 1.17 bits per heavy atom. The van der Waals surface area contributed by atoms with Crippen LogP contribution in [-0.4, -0.2) is 21.1 Å². The number of para-hydroxylation sites is 1. The third-order valence-electron chi connectivity index (χ3n) is 3.49. The van der Waals surface area contributed by atoms with Gasteiger partial charge in [-0.05, 0) is 23.6 Å². The molecule has 4 aromatic rings. The Morgan fingerprint density at radius 2 is 2.09 bits per heavy atom. The molecule has 0 aliphatic rings. The fraction of sp³-hybridized carbons (Fsp3) is 0. The van der Waals surface area contributed by atoms with Gasteiger partial charge in [0.15, 0.2) is 0 Å². The molecule has 0 radical (unpaired) electrons. The molecule has 0 saturated carbocycles. The first-order valence-corrected chi connectivity index (χ1v) is 7.93. The van der Waals surface area contributed by atoms with Crippen molar-refractivity contribution in [1.29, 1.82) is 0 Å². The average Bonchev–Trinajstić information content (AvgIpc) is 3.27. The summed E-state index contributed by atoms with van der Waals surface area (Å²) in [6.45, 7) is 0. The second kappa shape index (κ2) is 5.66. The number of pyridine rings is 1. The van der Waals surface area contributed by atoms with Crippen molar-refractivity contribution in [2.24, 2.45) is 0 Å². The molecule has 6 heteroatoms. The zero-order chi connectivity index (χ0) is 15.6. The van der Waals surface area contributed by atoms with Crippen molar-refractivity contribution in [3.63, 3.8) is 0 Å². The van der Waals surface area contributed by atoms with Crippen molar-refractivity contribution in [2.45, 2.75) is 0 Å². The number of nitrogens with zero attached hydrogens (tertiary/aromatic N) is 2. The van der Waals surface area contributed by atoms with Crippen LogP contribution >= 0.6 is 11.3 Å². The number of amides is 1. The monoisotopic (exact) mass is 320 g/mol. The maximum absolute atomic E-state index is 12.7. The standard InChI is InChI=1S/C17H12N4OS/c22-17(20-11-9-18-19-10-11)13-8-15(16-6-3-7-23-16)21-14-5-2-1-4-12(13)14/h1-10H,(H,18,19)(H,20,22). The second-order valence-corrected chi connectivity index (χ2v) is 5.94. The van der Waals surface area contributed by atoms with Crippen LogP contribution in [0.1, 0.15) is 10.4 Å². The van der Waals surface area contributed by atoms with Gasteiger partial charge in [0.2, 0.25) is 0 Å². The van der Waals surface area contributed by atoms with Crippen molar-refractivity contribution < 1.29 is 4.79 Å². The zero-order valence-electron chi connectivity index (χ0n) is 12.0. The molecule has 0 aliphatic carbocycles. The van der Waals surface area contributed by atoms with Crippen LogP contribution in [0.2, 0.25) is 0 Å². The van der Waals surface area contributed by atoms with Crippen LogP contribution in [0.5, 0.6) is 0 Å². The number of hydrogen-bond acceptors (Lipinski definition) is 4. The van der Waals surface area contributed by atoms with Crippen molar-refractivity contribution in [3.05, 3.63) is 65.8 Å². The summed E-state index contributed by atoms with van der Waals surface area (Å²) < 4.78 is 0. The van der Waals surface area contributed by atoms with Gasteiger partial charge in [0, 0.05) is 11.6 Å². The second-order valence-electron chi connectivity index (χ2n) is 4.99. The number of aromatic nitrogens is 3. The number of hydrogen-bond donors (Lipinski definition) is 2. The lowest BCUT2D eigenvalue weighted by Gasteiger charge is -2.09. The van der Waals surface area contributed by atoms with Gasteiger partial charge < -0.3 is 5.32 Å². The van der Waals surface area contributed by atoms with Crippen LogP contribution in [0.25, 0.3) is 21.5 Å². The van der Waals surface area contributed by atoms with Gasteiger partial charge in [0.1, 0.15) is 0 Å². The molecule has 0 spiro atoms. The smallest absolute Gasteiger partial charge is 0.256 e. The molecule has 4 rings (SSSR count). The molecule has 0 atom stereocenters. The van der Waals surface area contributed by atoms with Crippen molar-refractivity contribution in [3.8, 4) is 10.6 Å². The summed E-state index contributed by atoms with van der Waals surface area (Å²) in [5.41, 5.74) is 2.83. The number of fused-ring (bicyclic) bond motifs is 1. The summed E-state index contributed by atoms with van der Waals surface area (Å²) in [7, 11) is 0. The zero-order valence-corrected chi connectivity index (χ0v) is 12.8. The highest BCUT2D eigenvalue weighted by molar-refractivity contribution is 7.13. The number of carbonyl (C=O) groups excluding carboxylic acids is 1. The van der Waals surface area contributed by atoms with Crippen LogP contribution < -0.4 is 5.32 Å². The molecular weight excluding hydrogens is 308 g/mol. The topological polar surface area (TPSA) is 70.7 Å². The Kier molecular flexibility index (Phi) is 3.36. The third-order valence-corrected chi connectivity index (χ3v) is 4.38. The van der Waals surface area contributed by atoms with Crippen LogP contribution in [0, 0.1) is 0 Å². The number of aromatic amines is 1. The summed E-state index contributed by atoms with van der Waals surface area (Å²) in [6.07, 6.45) is 3.21. The molecule has 2 N–H and O–H groups in total. The highest BCUT2D eigenvalue weighted by Gasteiger charge is 2.14. The summed E-state index contributed by atoms with van der Waals surface area (Å²) in [5, 5.41) is 12.2. The highest BCUT2D eigenvalue weighted by Crippen LogP contribution is 2.28. The number of rotatable bonds is 3. The van der Waals surface area contributed by atoms with Gasteiger partial charge >= 0.3 is 0 Å². The molecule has 3 aromatic heterocycles. The highest BCUT2D eigenvalue weighted by atomic mass is 32.1. The van der Waals surface area contributed by atoms with Gasteiger partial charge in [-0.25, -0.2) is 4.98 Å². The Balaban J connectivity index is 1.85. The van der Waals surface area contributed by atoms with E-state index in [1.807, 2.05) is 47.8 Å². The Labute approximate surface area is 136 Å². The fourth-order valence-electron chi connectivity index (χ4n) is 2.43. The average molecular weight is 320 g/mol. The van der Waals surface area contributed by atoms with Crippen LogP contribution in [-0.2, 0) is 0 Å². The van der Waals surface area contributed by atoms with E-state index in [9.17, 15) is 4.79 Å². The maximum Gasteiger partial charge on any atom is 0.256 e. The quantitative estimate of drug-likeness (QED) is 0.600. The number of thiophene rings is 1. The summed E-state index contributed by atoms with van der Waals surface area (Å²) in [6, 6.07) is 13.5. The molecule has 0 unspecified atom stereocenters. The first-order valence-electron chi connectivity index (χ1n) is 7.05. The predicted octanol–water partition coefficient (Wildman–Crippen LogP) is 3.94. The molecule has 0 bridgehead atoms. The molecule has 0 aliphatic heterocycles. The van der Waals surface area contributed by atoms with E-state index in [2.05, 4.69) is 20.5 Å². The lowest BCUT2D eigenvalue weighted by molar-refractivity contribution is 0.102. The molecule has 3 heterocycles. The van der Waals surface area contributed by atoms with Gasteiger partial charge in [-0.3, -0.25) is 9.89 Å². The van der Waals surface area contributed by atoms with E-state index in [-0.39, 0.29) is 5.91 Å². The van der Waals surface area contributed by atoms with E-state index in [4.69, 9.17) is 0 Å². The largest absolute Gasteiger partial charge is 0.319 e. The van der Waals surface area contributed by atoms with E-state index in [0.717, 1.165) is 21.5 Å². The van der Waals surface area contributed by atoms with E-state index in [0.29, 0.717) is 11.3 Å². The van der Waals surface area contributed by atoms with Crippen LogP contribution in [0.3, 0.4) is 0 Å². The predicted molar refractivity (Wildman–Crippen MR) is 91.6 cm³/mol. The van der Waals surface area contributed by atoms with Gasteiger partial charge in [-0.15, -0.1) is 11.3 Å². The molecule has 1 amide bonds. The molecule has 23 heavy (non-hydrogen) atoms. The maximum atomic E-state index is 12.7. The number of anilines is 1. The summed E-state index contributed by atoms with van der Waals surface area (Å²) >= 11 is 1.60.